The first-order valence-corrected chi connectivity index (χ1v) is 11.0. The van der Waals surface area contributed by atoms with E-state index in [2.05, 4.69) is 16.8 Å². The highest BCUT2D eigenvalue weighted by molar-refractivity contribution is 5.94. The minimum Gasteiger partial charge on any atom is -0.378 e. The van der Waals surface area contributed by atoms with Gasteiger partial charge in [0.15, 0.2) is 0 Å². The van der Waals surface area contributed by atoms with Crippen molar-refractivity contribution in [3.8, 4) is 0 Å². The maximum Gasteiger partial charge on any atom is 0.253 e. The highest BCUT2D eigenvalue weighted by atomic mass is 16.5. The summed E-state index contributed by atoms with van der Waals surface area (Å²) >= 11 is 0. The van der Waals surface area contributed by atoms with E-state index in [9.17, 15) is 9.59 Å². The Hall–Kier alpha value is -1.99. The predicted octanol–water partition coefficient (Wildman–Crippen LogP) is 1.65. The van der Waals surface area contributed by atoms with Gasteiger partial charge in [-0.25, -0.2) is 0 Å². The van der Waals surface area contributed by atoms with Crippen molar-refractivity contribution in [2.24, 2.45) is 5.92 Å². The normalized spacial score (nSPS) is 26.2. The molecule has 0 radical (unpaired) electrons. The molecule has 3 fully saturated rings. The smallest absolute Gasteiger partial charge is 0.253 e. The van der Waals surface area contributed by atoms with Crippen molar-refractivity contribution in [1.29, 1.82) is 0 Å². The Morgan fingerprint density at radius 2 is 1.83 bits per heavy atom. The predicted molar refractivity (Wildman–Crippen MR) is 109 cm³/mol. The van der Waals surface area contributed by atoms with Crippen LogP contribution in [0.25, 0.3) is 0 Å². The van der Waals surface area contributed by atoms with Crippen LogP contribution in [-0.2, 0) is 9.53 Å². The monoisotopic (exact) mass is 400 g/mol. The number of rotatable bonds is 4. The number of pyridine rings is 1. The molecule has 4 rings (SSSR count). The van der Waals surface area contributed by atoms with E-state index in [0.717, 1.165) is 58.5 Å². The first-order valence-electron chi connectivity index (χ1n) is 11.0. The number of likely N-dealkylation sites (tertiary alicyclic amines) is 1. The second kappa shape index (κ2) is 9.22. The van der Waals surface area contributed by atoms with Gasteiger partial charge in [-0.3, -0.25) is 19.5 Å². The largest absolute Gasteiger partial charge is 0.378 e. The second-order valence-corrected chi connectivity index (χ2v) is 8.46. The molecule has 0 bridgehead atoms. The molecule has 0 N–H and O–H groups in total. The third kappa shape index (κ3) is 4.46. The summed E-state index contributed by atoms with van der Waals surface area (Å²) in [5.41, 5.74) is 0.667. The van der Waals surface area contributed by atoms with Crippen LogP contribution in [0.2, 0.25) is 0 Å². The summed E-state index contributed by atoms with van der Waals surface area (Å²) in [5, 5.41) is 0. The van der Waals surface area contributed by atoms with Gasteiger partial charge in [-0.15, -0.1) is 0 Å². The zero-order chi connectivity index (χ0) is 20.2. The molecule has 1 aromatic rings. The van der Waals surface area contributed by atoms with Gasteiger partial charge in [0.2, 0.25) is 5.91 Å². The van der Waals surface area contributed by atoms with E-state index in [0.29, 0.717) is 30.7 Å². The minimum atomic E-state index is 0.0268. The van der Waals surface area contributed by atoms with E-state index in [-0.39, 0.29) is 17.7 Å². The van der Waals surface area contributed by atoms with Gasteiger partial charge in [0.25, 0.3) is 5.91 Å². The van der Waals surface area contributed by atoms with Crippen LogP contribution in [0, 0.1) is 5.92 Å². The first kappa shape index (κ1) is 20.3. The lowest BCUT2D eigenvalue weighted by molar-refractivity contribution is -0.145. The molecule has 29 heavy (non-hydrogen) atoms. The van der Waals surface area contributed by atoms with Gasteiger partial charge in [0.1, 0.15) is 0 Å². The molecule has 0 unspecified atom stereocenters. The Labute approximate surface area is 173 Å². The lowest BCUT2D eigenvalue weighted by atomic mass is 9.93. The van der Waals surface area contributed by atoms with E-state index in [4.69, 9.17) is 4.74 Å². The van der Waals surface area contributed by atoms with Gasteiger partial charge in [0, 0.05) is 62.6 Å². The summed E-state index contributed by atoms with van der Waals surface area (Å²) in [5.74, 6) is 0.325. The van der Waals surface area contributed by atoms with Crippen molar-refractivity contribution in [2.75, 3.05) is 45.9 Å². The molecule has 3 aliphatic heterocycles. The Bertz CT molecular complexity index is 703. The van der Waals surface area contributed by atoms with E-state index in [1.54, 1.807) is 24.5 Å². The van der Waals surface area contributed by atoms with E-state index in [1.165, 1.54) is 0 Å². The number of aromatic nitrogens is 1. The topological polar surface area (TPSA) is 66.0 Å². The van der Waals surface area contributed by atoms with Crippen LogP contribution in [0.4, 0.5) is 0 Å². The number of carbonyl (C=O) groups is 2. The summed E-state index contributed by atoms with van der Waals surface area (Å²) in [7, 11) is 0. The average molecular weight is 401 g/mol. The molecule has 0 saturated carbocycles. The van der Waals surface area contributed by atoms with Gasteiger partial charge in [-0.05, 0) is 31.4 Å². The molecule has 158 valence electrons. The van der Waals surface area contributed by atoms with Crippen LogP contribution in [0.15, 0.2) is 24.5 Å². The Kier molecular flexibility index (Phi) is 6.45. The zero-order valence-corrected chi connectivity index (χ0v) is 17.3. The third-order valence-corrected chi connectivity index (χ3v) is 6.61. The van der Waals surface area contributed by atoms with Gasteiger partial charge in [-0.2, -0.15) is 0 Å². The summed E-state index contributed by atoms with van der Waals surface area (Å²) in [6, 6.07) is 4.32. The van der Waals surface area contributed by atoms with Gasteiger partial charge in [0.05, 0.1) is 19.3 Å². The van der Waals surface area contributed by atoms with E-state index >= 15 is 0 Å². The quantitative estimate of drug-likeness (QED) is 0.769. The maximum atomic E-state index is 13.1. The maximum absolute atomic E-state index is 13.1. The second-order valence-electron chi connectivity index (χ2n) is 8.46. The van der Waals surface area contributed by atoms with Crippen molar-refractivity contribution in [3.63, 3.8) is 0 Å². The molecule has 2 amide bonds. The number of amides is 2. The Morgan fingerprint density at radius 1 is 1.07 bits per heavy atom. The molecule has 7 nitrogen and oxygen atoms in total. The molecule has 0 spiro atoms. The van der Waals surface area contributed by atoms with Crippen LogP contribution >= 0.6 is 0 Å². The molecule has 4 heterocycles. The Morgan fingerprint density at radius 3 is 2.55 bits per heavy atom. The van der Waals surface area contributed by atoms with Crippen molar-refractivity contribution in [1.82, 2.24) is 19.7 Å². The number of nitrogens with zero attached hydrogens (tertiary/aromatic N) is 4. The minimum absolute atomic E-state index is 0.0268. The lowest BCUT2D eigenvalue weighted by Crippen LogP contribution is -2.63. The lowest BCUT2D eigenvalue weighted by Gasteiger charge is -2.48. The summed E-state index contributed by atoms with van der Waals surface area (Å²) in [6.45, 7) is 7.58. The fraction of sp³-hybridized carbons (Fsp3) is 0.682. The molecule has 1 aromatic heterocycles. The number of fused-ring (bicyclic) bond motifs is 1. The average Bonchev–Trinajstić information content (AvgIpc) is 2.79. The van der Waals surface area contributed by atoms with E-state index in [1.807, 2.05) is 9.80 Å². The number of piperidine rings is 1. The fourth-order valence-corrected chi connectivity index (χ4v) is 4.98. The van der Waals surface area contributed by atoms with Crippen molar-refractivity contribution >= 4 is 11.8 Å². The molecular weight excluding hydrogens is 368 g/mol. The third-order valence-electron chi connectivity index (χ3n) is 6.61. The van der Waals surface area contributed by atoms with Crippen LogP contribution in [0.5, 0.6) is 0 Å². The summed E-state index contributed by atoms with van der Waals surface area (Å²) in [6.07, 6.45) is 7.10. The molecule has 0 aromatic carbocycles. The fourth-order valence-electron chi connectivity index (χ4n) is 4.98. The van der Waals surface area contributed by atoms with Crippen molar-refractivity contribution in [3.05, 3.63) is 30.1 Å². The molecular formula is C22H32N4O3. The molecule has 0 aliphatic carbocycles. The van der Waals surface area contributed by atoms with Crippen LogP contribution < -0.4 is 0 Å². The van der Waals surface area contributed by atoms with Crippen molar-refractivity contribution < 1.29 is 14.3 Å². The number of carbonyl (C=O) groups excluding carboxylic acids is 2. The highest BCUT2D eigenvalue weighted by Crippen LogP contribution is 2.25. The Balaban J connectivity index is 1.29. The number of morpholine rings is 1. The number of piperazine rings is 1. The van der Waals surface area contributed by atoms with Crippen LogP contribution in [-0.4, -0.2) is 89.5 Å². The van der Waals surface area contributed by atoms with Gasteiger partial charge in [-0.1, -0.05) is 13.3 Å². The number of hydrogen-bond acceptors (Lipinski definition) is 5. The van der Waals surface area contributed by atoms with Crippen molar-refractivity contribution in [2.45, 2.75) is 44.7 Å². The summed E-state index contributed by atoms with van der Waals surface area (Å²) in [4.78, 5) is 36.2. The van der Waals surface area contributed by atoms with Crippen LogP contribution in [0.1, 0.15) is 43.0 Å². The first-order chi connectivity index (χ1) is 14.2. The summed E-state index contributed by atoms with van der Waals surface area (Å²) < 4.78 is 5.83. The highest BCUT2D eigenvalue weighted by Gasteiger charge is 2.38. The number of hydrogen-bond donors (Lipinski definition) is 0. The SMILES string of the molecule is CCC[C@H]1COC[C@H]2CN(C(=O)C3CCN(C(=O)c4ccncc4)CC3)CCN12. The molecule has 2 atom stereocenters. The van der Waals surface area contributed by atoms with Gasteiger partial charge < -0.3 is 14.5 Å². The van der Waals surface area contributed by atoms with E-state index < -0.39 is 0 Å². The van der Waals surface area contributed by atoms with Gasteiger partial charge >= 0.3 is 0 Å². The number of ether oxygens (including phenoxy) is 1. The van der Waals surface area contributed by atoms with Crippen LogP contribution in [0.3, 0.4) is 0 Å². The standard InChI is InChI=1S/C22H32N4O3/c1-2-3-19-15-29-16-20-14-25(12-13-26(19)20)22(28)18-6-10-24(11-7-18)21(27)17-4-8-23-9-5-17/h4-5,8-9,18-20H,2-3,6-7,10-16H2,1H3/t19-,20+/m0/s1. The zero-order valence-electron chi connectivity index (χ0n) is 17.3. The molecule has 7 heteroatoms. The molecule has 3 saturated heterocycles. The molecule has 3 aliphatic rings.